The molecule has 0 unspecified atom stereocenters. The second-order valence-electron chi connectivity index (χ2n) is 5.41. The van der Waals surface area contributed by atoms with Crippen LogP contribution < -0.4 is 5.43 Å². The Balaban J connectivity index is 1.63. The number of carbonyl (C=O) groups excluding carboxylic acids is 1. The normalized spacial score (nSPS) is 11.0. The zero-order valence-electron chi connectivity index (χ0n) is 13.7. The molecule has 26 heavy (non-hydrogen) atoms. The molecular weight excluding hydrogens is 436 g/mol. The largest absolute Gasteiger partial charge is 0.447 e. The van der Waals surface area contributed by atoms with Crippen molar-refractivity contribution in [3.8, 4) is 0 Å². The molecule has 0 fully saturated rings. The highest BCUT2D eigenvalue weighted by Gasteiger charge is 2.10. The summed E-state index contributed by atoms with van der Waals surface area (Å²) in [4.78, 5) is 13.0. The minimum atomic E-state index is -0.275. The number of hydrogen-bond acceptors (Lipinski definition) is 4. The Labute approximate surface area is 168 Å². The van der Waals surface area contributed by atoms with Crippen LogP contribution in [0.25, 0.3) is 0 Å². The van der Waals surface area contributed by atoms with Crippen molar-refractivity contribution in [3.05, 3.63) is 81.0 Å². The molecule has 4 nitrogen and oxygen atoms in total. The first kappa shape index (κ1) is 18.8. The van der Waals surface area contributed by atoms with E-state index in [0.29, 0.717) is 21.4 Å². The van der Waals surface area contributed by atoms with E-state index in [1.54, 1.807) is 18.2 Å². The number of amides is 1. The highest BCUT2D eigenvalue weighted by molar-refractivity contribution is 9.10. The minimum absolute atomic E-state index is 0.275. The third-order valence-electron chi connectivity index (χ3n) is 3.37. The Hall–Kier alpha value is -2.02. The Morgan fingerprint density at radius 1 is 1.19 bits per heavy atom. The summed E-state index contributed by atoms with van der Waals surface area (Å²) in [7, 11) is 0. The van der Waals surface area contributed by atoms with Gasteiger partial charge in [0.2, 0.25) is 0 Å². The summed E-state index contributed by atoms with van der Waals surface area (Å²) in [6.07, 6.45) is 1.46. The number of furan rings is 1. The second-order valence-corrected chi connectivity index (χ2v) is 7.74. The number of halogens is 2. The molecule has 3 aromatic rings. The predicted molar refractivity (Wildman–Crippen MR) is 108 cm³/mol. The molecule has 1 amide bonds. The molecule has 0 radical (unpaired) electrons. The molecular formula is C19H14BrClN2O2S. The van der Waals surface area contributed by atoms with E-state index >= 15 is 0 Å². The van der Waals surface area contributed by atoms with Gasteiger partial charge >= 0.3 is 0 Å². The summed E-state index contributed by atoms with van der Waals surface area (Å²) in [5.41, 5.74) is 4.13. The van der Waals surface area contributed by atoms with Crippen LogP contribution in [0.5, 0.6) is 0 Å². The van der Waals surface area contributed by atoms with Crippen molar-refractivity contribution < 1.29 is 9.21 Å². The van der Waals surface area contributed by atoms with Crippen LogP contribution in [-0.2, 0) is 0 Å². The van der Waals surface area contributed by atoms with Gasteiger partial charge in [-0.1, -0.05) is 41.1 Å². The molecule has 1 heterocycles. The molecule has 132 valence electrons. The van der Waals surface area contributed by atoms with E-state index in [4.69, 9.17) is 16.0 Å². The number of hydrazone groups is 1. The molecule has 1 aromatic heterocycles. The molecule has 2 aromatic carbocycles. The smallest absolute Gasteiger partial charge is 0.271 e. The van der Waals surface area contributed by atoms with Crippen molar-refractivity contribution in [1.29, 1.82) is 0 Å². The van der Waals surface area contributed by atoms with Gasteiger partial charge in [0.25, 0.3) is 5.91 Å². The number of benzene rings is 2. The van der Waals surface area contributed by atoms with Crippen molar-refractivity contribution in [2.45, 2.75) is 16.9 Å². The van der Waals surface area contributed by atoms with Crippen LogP contribution >= 0.6 is 39.3 Å². The number of hydrogen-bond donors (Lipinski definition) is 1. The minimum Gasteiger partial charge on any atom is -0.447 e. The second kappa shape index (κ2) is 8.58. The van der Waals surface area contributed by atoms with Crippen LogP contribution in [0.15, 0.2) is 78.6 Å². The Kier molecular flexibility index (Phi) is 6.19. The average Bonchev–Trinajstić information content (AvgIpc) is 2.97. The molecule has 0 spiro atoms. The van der Waals surface area contributed by atoms with Crippen molar-refractivity contribution >= 4 is 51.4 Å². The van der Waals surface area contributed by atoms with Crippen LogP contribution in [0.1, 0.15) is 21.7 Å². The molecule has 0 saturated heterocycles. The topological polar surface area (TPSA) is 54.6 Å². The average molecular weight is 450 g/mol. The quantitative estimate of drug-likeness (QED) is 0.388. The number of nitrogens with zero attached hydrogens (tertiary/aromatic N) is 1. The van der Waals surface area contributed by atoms with Crippen LogP contribution in [0, 0.1) is 6.92 Å². The standard InChI is InChI=1S/C19H14BrClN2O2S/c1-12-2-4-13(5-3-12)18(24)23-22-11-15-10-17(20)19(25-15)26-16-8-6-14(21)7-9-16/h2-11H,1H3,(H,23,24)/b22-11-. The lowest BCUT2D eigenvalue weighted by molar-refractivity contribution is 0.0955. The molecule has 0 aliphatic heterocycles. The van der Waals surface area contributed by atoms with Crippen LogP contribution in [-0.4, -0.2) is 12.1 Å². The monoisotopic (exact) mass is 448 g/mol. The van der Waals surface area contributed by atoms with E-state index in [2.05, 4.69) is 26.5 Å². The van der Waals surface area contributed by atoms with Gasteiger partial charge in [-0.25, -0.2) is 5.43 Å². The summed E-state index contributed by atoms with van der Waals surface area (Å²) >= 11 is 10.8. The molecule has 7 heteroatoms. The van der Waals surface area contributed by atoms with Gasteiger partial charge in [0.05, 0.1) is 10.7 Å². The number of aryl methyl sites for hydroxylation is 1. The van der Waals surface area contributed by atoms with Gasteiger partial charge in [-0.3, -0.25) is 4.79 Å². The SMILES string of the molecule is Cc1ccc(C(=O)N/N=C\c2cc(Br)c(Sc3ccc(Cl)cc3)o2)cc1. The van der Waals surface area contributed by atoms with Gasteiger partial charge in [-0.05, 0) is 59.3 Å². The molecule has 0 bridgehead atoms. The summed E-state index contributed by atoms with van der Waals surface area (Å²) < 4.78 is 6.54. The number of nitrogens with one attached hydrogen (secondary N) is 1. The van der Waals surface area contributed by atoms with Gasteiger partial charge in [0, 0.05) is 21.5 Å². The van der Waals surface area contributed by atoms with Gasteiger partial charge < -0.3 is 4.42 Å². The molecule has 1 N–H and O–H groups in total. The van der Waals surface area contributed by atoms with Crippen LogP contribution in [0.3, 0.4) is 0 Å². The van der Waals surface area contributed by atoms with Crippen LogP contribution in [0.2, 0.25) is 5.02 Å². The van der Waals surface area contributed by atoms with Gasteiger partial charge in [-0.15, -0.1) is 0 Å². The molecule has 0 atom stereocenters. The first-order valence-corrected chi connectivity index (χ1v) is 9.63. The maximum atomic E-state index is 12.0. The molecule has 0 aliphatic rings. The third kappa shape index (κ3) is 5.00. The lowest BCUT2D eigenvalue weighted by atomic mass is 10.1. The maximum Gasteiger partial charge on any atom is 0.271 e. The number of rotatable bonds is 5. The highest BCUT2D eigenvalue weighted by Crippen LogP contribution is 2.35. The van der Waals surface area contributed by atoms with Gasteiger partial charge in [0.1, 0.15) is 5.76 Å². The van der Waals surface area contributed by atoms with Crippen molar-refractivity contribution in [1.82, 2.24) is 5.43 Å². The summed E-state index contributed by atoms with van der Waals surface area (Å²) in [5, 5.41) is 5.33. The fourth-order valence-electron chi connectivity index (χ4n) is 2.04. The van der Waals surface area contributed by atoms with E-state index in [9.17, 15) is 4.79 Å². The lowest BCUT2D eigenvalue weighted by Crippen LogP contribution is -2.17. The Bertz CT molecular complexity index is 937. The van der Waals surface area contributed by atoms with E-state index in [1.807, 2.05) is 43.3 Å². The van der Waals surface area contributed by atoms with Gasteiger partial charge in [0.15, 0.2) is 5.09 Å². The van der Waals surface area contributed by atoms with E-state index in [0.717, 1.165) is 14.9 Å². The summed E-state index contributed by atoms with van der Waals surface area (Å²) in [6.45, 7) is 1.97. The van der Waals surface area contributed by atoms with E-state index < -0.39 is 0 Å². The fraction of sp³-hybridized carbons (Fsp3) is 0.0526. The maximum absolute atomic E-state index is 12.0. The van der Waals surface area contributed by atoms with E-state index in [-0.39, 0.29) is 5.91 Å². The summed E-state index contributed by atoms with van der Waals surface area (Å²) in [5.74, 6) is 0.250. The van der Waals surface area contributed by atoms with E-state index in [1.165, 1.54) is 18.0 Å². The first-order chi connectivity index (χ1) is 12.5. The lowest BCUT2D eigenvalue weighted by Gasteiger charge is -2.00. The molecule has 0 saturated carbocycles. The van der Waals surface area contributed by atoms with Crippen LogP contribution in [0.4, 0.5) is 0 Å². The Morgan fingerprint density at radius 2 is 1.88 bits per heavy atom. The summed E-state index contributed by atoms with van der Waals surface area (Å²) in [6, 6.07) is 16.5. The zero-order chi connectivity index (χ0) is 18.5. The molecule has 0 aliphatic carbocycles. The first-order valence-electron chi connectivity index (χ1n) is 7.64. The van der Waals surface area contributed by atoms with Gasteiger partial charge in [-0.2, -0.15) is 5.10 Å². The third-order valence-corrected chi connectivity index (χ3v) is 5.47. The fourth-order valence-corrected chi connectivity index (χ4v) is 3.49. The zero-order valence-corrected chi connectivity index (χ0v) is 16.9. The number of carbonyl (C=O) groups is 1. The highest BCUT2D eigenvalue weighted by atomic mass is 79.9. The Morgan fingerprint density at radius 3 is 2.58 bits per heavy atom. The predicted octanol–water partition coefficient (Wildman–Crippen LogP) is 5.92. The van der Waals surface area contributed by atoms with Crippen molar-refractivity contribution in [2.24, 2.45) is 5.10 Å². The van der Waals surface area contributed by atoms with Crippen molar-refractivity contribution in [2.75, 3.05) is 0 Å². The molecule has 3 rings (SSSR count). The van der Waals surface area contributed by atoms with Crippen molar-refractivity contribution in [3.63, 3.8) is 0 Å².